The van der Waals surface area contributed by atoms with Crippen LogP contribution in [0.4, 0.5) is 10.5 Å². The van der Waals surface area contributed by atoms with E-state index in [-0.39, 0.29) is 30.9 Å². The van der Waals surface area contributed by atoms with Gasteiger partial charge in [0.2, 0.25) is 11.8 Å². The molecular weight excluding hydrogens is 426 g/mol. The van der Waals surface area contributed by atoms with Crippen LogP contribution in [0.25, 0.3) is 0 Å². The zero-order chi connectivity index (χ0) is 23.4. The first-order valence-electron chi connectivity index (χ1n) is 10.8. The fraction of sp³-hybridized carbons (Fsp3) is 0.391. The number of methoxy groups -OCH3 is 2. The number of hydrogen-bond acceptors (Lipinski definition) is 7. The van der Waals surface area contributed by atoms with Gasteiger partial charge >= 0.3 is 6.03 Å². The fourth-order valence-corrected chi connectivity index (χ4v) is 4.29. The molecule has 1 aromatic carbocycles. The summed E-state index contributed by atoms with van der Waals surface area (Å²) in [5.41, 5.74) is 1.31. The van der Waals surface area contributed by atoms with Gasteiger partial charge in [-0.05, 0) is 49.2 Å². The van der Waals surface area contributed by atoms with Gasteiger partial charge in [-0.2, -0.15) is 0 Å². The summed E-state index contributed by atoms with van der Waals surface area (Å²) >= 11 is 0. The van der Waals surface area contributed by atoms with Crippen LogP contribution in [0.1, 0.15) is 18.4 Å². The number of rotatable bonds is 7. The fourth-order valence-electron chi connectivity index (χ4n) is 4.29. The zero-order valence-electron chi connectivity index (χ0n) is 18.6. The number of amides is 4. The van der Waals surface area contributed by atoms with Gasteiger partial charge in [-0.3, -0.25) is 19.5 Å². The van der Waals surface area contributed by atoms with E-state index in [1.807, 2.05) is 0 Å². The SMILES string of the molecule is COc1ccc(NC(=O)CN2C(=O)N(Cc3ccncc3)C(=O)C3NCCCC32)cc1OC. The second-order valence-electron chi connectivity index (χ2n) is 7.95. The first kappa shape index (κ1) is 22.5. The summed E-state index contributed by atoms with van der Waals surface area (Å²) < 4.78 is 10.5. The van der Waals surface area contributed by atoms with Crippen molar-refractivity contribution in [2.45, 2.75) is 31.5 Å². The summed E-state index contributed by atoms with van der Waals surface area (Å²) in [5.74, 6) is 0.397. The summed E-state index contributed by atoms with van der Waals surface area (Å²) in [6.45, 7) is 0.644. The molecule has 33 heavy (non-hydrogen) atoms. The number of aromatic nitrogens is 1. The van der Waals surface area contributed by atoms with Crippen LogP contribution in [0.5, 0.6) is 11.5 Å². The number of carbonyl (C=O) groups excluding carboxylic acids is 3. The smallest absolute Gasteiger partial charge is 0.327 e. The molecule has 1 aromatic heterocycles. The summed E-state index contributed by atoms with van der Waals surface area (Å²) in [5, 5.41) is 6.03. The minimum atomic E-state index is -0.535. The van der Waals surface area contributed by atoms with Crippen LogP contribution in [0.3, 0.4) is 0 Å². The van der Waals surface area contributed by atoms with Gasteiger partial charge in [0.05, 0.1) is 26.8 Å². The van der Waals surface area contributed by atoms with E-state index in [9.17, 15) is 14.4 Å². The molecule has 0 aliphatic carbocycles. The summed E-state index contributed by atoms with van der Waals surface area (Å²) in [7, 11) is 3.05. The maximum Gasteiger partial charge on any atom is 0.327 e. The van der Waals surface area contributed by atoms with Crippen molar-refractivity contribution < 1.29 is 23.9 Å². The molecule has 4 amide bonds. The molecule has 10 heteroatoms. The molecule has 4 rings (SSSR count). The highest BCUT2D eigenvalue weighted by molar-refractivity contribution is 6.03. The Kier molecular flexibility index (Phi) is 6.74. The third-order valence-electron chi connectivity index (χ3n) is 5.91. The number of carbonyl (C=O) groups is 3. The average Bonchev–Trinajstić information content (AvgIpc) is 2.85. The lowest BCUT2D eigenvalue weighted by Gasteiger charge is -2.46. The van der Waals surface area contributed by atoms with E-state index < -0.39 is 12.1 Å². The summed E-state index contributed by atoms with van der Waals surface area (Å²) in [6, 6.07) is 7.18. The van der Waals surface area contributed by atoms with Gasteiger partial charge in [-0.25, -0.2) is 4.79 Å². The molecule has 10 nitrogen and oxygen atoms in total. The number of benzene rings is 1. The van der Waals surface area contributed by atoms with Gasteiger partial charge in [-0.15, -0.1) is 0 Å². The van der Waals surface area contributed by atoms with Crippen molar-refractivity contribution in [2.24, 2.45) is 0 Å². The Hall–Kier alpha value is -3.66. The predicted molar refractivity (Wildman–Crippen MR) is 120 cm³/mol. The number of imide groups is 1. The minimum Gasteiger partial charge on any atom is -0.493 e. The number of anilines is 1. The van der Waals surface area contributed by atoms with E-state index >= 15 is 0 Å². The van der Waals surface area contributed by atoms with Crippen LogP contribution >= 0.6 is 0 Å². The molecule has 2 fully saturated rings. The molecule has 2 N–H and O–H groups in total. The third-order valence-corrected chi connectivity index (χ3v) is 5.91. The van der Waals surface area contributed by atoms with E-state index in [0.29, 0.717) is 30.2 Å². The molecule has 2 unspecified atom stereocenters. The maximum atomic E-state index is 13.3. The molecule has 2 aromatic rings. The molecule has 0 saturated carbocycles. The number of ether oxygens (including phenoxy) is 2. The van der Waals surface area contributed by atoms with Crippen LogP contribution in [0.15, 0.2) is 42.7 Å². The highest BCUT2D eigenvalue weighted by Gasteiger charge is 2.47. The van der Waals surface area contributed by atoms with E-state index in [4.69, 9.17) is 9.47 Å². The maximum absolute atomic E-state index is 13.3. The second-order valence-corrected chi connectivity index (χ2v) is 7.95. The molecule has 174 valence electrons. The number of hydrogen-bond donors (Lipinski definition) is 2. The van der Waals surface area contributed by atoms with E-state index in [2.05, 4.69) is 15.6 Å². The van der Waals surface area contributed by atoms with Gasteiger partial charge < -0.3 is 25.0 Å². The molecule has 0 bridgehead atoms. The number of pyridine rings is 1. The summed E-state index contributed by atoms with van der Waals surface area (Å²) in [4.78, 5) is 46.0. The van der Waals surface area contributed by atoms with E-state index in [1.165, 1.54) is 24.0 Å². The lowest BCUT2D eigenvalue weighted by Crippen LogP contribution is -2.70. The number of nitrogens with zero attached hydrogens (tertiary/aromatic N) is 3. The first-order valence-corrected chi connectivity index (χ1v) is 10.8. The van der Waals surface area contributed by atoms with E-state index in [0.717, 1.165) is 12.0 Å². The Morgan fingerprint density at radius 2 is 1.91 bits per heavy atom. The Morgan fingerprint density at radius 1 is 1.15 bits per heavy atom. The average molecular weight is 453 g/mol. The van der Waals surface area contributed by atoms with Crippen molar-refractivity contribution in [1.82, 2.24) is 20.1 Å². The Balaban J connectivity index is 1.52. The van der Waals surface area contributed by atoms with Crippen LogP contribution < -0.4 is 20.1 Å². The normalized spacial score (nSPS) is 20.3. The molecule has 2 aliphatic rings. The quantitative estimate of drug-likeness (QED) is 0.655. The topological polar surface area (TPSA) is 113 Å². The summed E-state index contributed by atoms with van der Waals surface area (Å²) in [6.07, 6.45) is 4.70. The largest absolute Gasteiger partial charge is 0.493 e. The molecule has 2 aliphatic heterocycles. The van der Waals surface area contributed by atoms with E-state index in [1.54, 1.807) is 42.7 Å². The monoisotopic (exact) mass is 453 g/mol. The standard InChI is InChI=1S/C23H27N5O5/c1-32-18-6-5-16(12-19(18)33-2)26-20(29)14-27-17-4-3-9-25-21(17)22(30)28(23(27)31)13-15-7-10-24-11-8-15/h5-8,10-12,17,21,25H,3-4,9,13-14H2,1-2H3,(H,26,29). The Bertz CT molecular complexity index is 1030. The van der Waals surface area contributed by atoms with Crippen LogP contribution in [0, 0.1) is 0 Å². The van der Waals surface area contributed by atoms with Gasteiger partial charge in [0.1, 0.15) is 12.6 Å². The predicted octanol–water partition coefficient (Wildman–Crippen LogP) is 1.62. The van der Waals surface area contributed by atoms with Crippen molar-refractivity contribution in [3.05, 3.63) is 48.3 Å². The van der Waals surface area contributed by atoms with Crippen LogP contribution in [-0.4, -0.2) is 72.0 Å². The van der Waals surface area contributed by atoms with Gasteiger partial charge in [0.15, 0.2) is 11.5 Å². The molecule has 2 saturated heterocycles. The Labute approximate surface area is 191 Å². The lowest BCUT2D eigenvalue weighted by molar-refractivity contribution is -0.138. The Morgan fingerprint density at radius 3 is 2.64 bits per heavy atom. The number of urea groups is 1. The third kappa shape index (κ3) is 4.75. The molecule has 3 heterocycles. The van der Waals surface area contributed by atoms with Crippen molar-refractivity contribution in [2.75, 3.05) is 32.6 Å². The van der Waals surface area contributed by atoms with Crippen molar-refractivity contribution in [1.29, 1.82) is 0 Å². The zero-order valence-corrected chi connectivity index (χ0v) is 18.6. The minimum absolute atomic E-state index is 0.124. The highest BCUT2D eigenvalue weighted by atomic mass is 16.5. The molecular formula is C23H27N5O5. The van der Waals surface area contributed by atoms with Gasteiger partial charge in [0, 0.05) is 24.1 Å². The highest BCUT2D eigenvalue weighted by Crippen LogP contribution is 2.30. The number of fused-ring (bicyclic) bond motifs is 1. The van der Waals surface area contributed by atoms with Crippen molar-refractivity contribution >= 4 is 23.5 Å². The van der Waals surface area contributed by atoms with Crippen molar-refractivity contribution in [3.8, 4) is 11.5 Å². The van der Waals surface area contributed by atoms with Crippen LogP contribution in [-0.2, 0) is 16.1 Å². The number of nitrogens with one attached hydrogen (secondary N) is 2. The molecule has 0 spiro atoms. The van der Waals surface area contributed by atoms with Gasteiger partial charge in [-0.1, -0.05) is 0 Å². The first-order chi connectivity index (χ1) is 16.0. The van der Waals surface area contributed by atoms with Gasteiger partial charge in [0.25, 0.3) is 0 Å². The lowest BCUT2D eigenvalue weighted by atomic mass is 9.93. The molecule has 2 atom stereocenters. The number of piperidine rings is 1. The van der Waals surface area contributed by atoms with Crippen molar-refractivity contribution in [3.63, 3.8) is 0 Å². The second kappa shape index (κ2) is 9.86. The molecule has 0 radical (unpaired) electrons. The van der Waals surface area contributed by atoms with Crippen LogP contribution in [0.2, 0.25) is 0 Å².